The van der Waals surface area contributed by atoms with Crippen LogP contribution in [0.15, 0.2) is 36.8 Å². The molecular formula is C23H32N4O3. The Hall–Kier alpha value is -2.51. The van der Waals surface area contributed by atoms with E-state index in [1.165, 1.54) is 0 Å². The number of nitrogens with zero attached hydrogens (tertiary/aromatic N) is 4. The summed E-state index contributed by atoms with van der Waals surface area (Å²) in [6.45, 7) is 8.25. The molecule has 162 valence electrons. The number of carbonyl (C=O) groups excluding carboxylic acids is 1. The first-order chi connectivity index (χ1) is 14.4. The number of ether oxygens (including phenoxy) is 1. The first-order valence-electron chi connectivity index (χ1n) is 10.6. The number of hydrogen-bond acceptors (Lipinski definition) is 6. The lowest BCUT2D eigenvalue weighted by Crippen LogP contribution is -2.50. The molecule has 0 unspecified atom stereocenters. The molecule has 3 rings (SSSR count). The number of likely N-dealkylation sites (N-methyl/N-ethyl adjacent to an activating group) is 1. The monoisotopic (exact) mass is 412 g/mol. The van der Waals surface area contributed by atoms with Gasteiger partial charge < -0.3 is 19.6 Å². The molecule has 0 aromatic carbocycles. The van der Waals surface area contributed by atoms with Gasteiger partial charge in [0.05, 0.1) is 12.6 Å². The minimum absolute atomic E-state index is 0.0925. The fourth-order valence-corrected chi connectivity index (χ4v) is 3.79. The van der Waals surface area contributed by atoms with Gasteiger partial charge in [0.25, 0.3) is 5.91 Å². The Bertz CT molecular complexity index is 846. The number of fused-ring (bicyclic) bond motifs is 1. The average molecular weight is 413 g/mol. The van der Waals surface area contributed by atoms with Crippen molar-refractivity contribution in [3.05, 3.63) is 42.4 Å². The molecule has 7 heteroatoms. The van der Waals surface area contributed by atoms with E-state index >= 15 is 0 Å². The normalized spacial score (nSPS) is 20.3. The highest BCUT2D eigenvalue weighted by molar-refractivity contribution is 5.98. The van der Waals surface area contributed by atoms with Crippen LogP contribution in [0.25, 0.3) is 11.1 Å². The van der Waals surface area contributed by atoms with Crippen LogP contribution in [0.1, 0.15) is 37.6 Å². The fraction of sp³-hybridized carbons (Fsp3) is 0.522. The van der Waals surface area contributed by atoms with Crippen LogP contribution >= 0.6 is 0 Å². The van der Waals surface area contributed by atoms with Crippen LogP contribution in [0.5, 0.6) is 5.88 Å². The number of hydrogen-bond donors (Lipinski definition) is 1. The van der Waals surface area contributed by atoms with Crippen molar-refractivity contribution in [1.82, 2.24) is 19.8 Å². The van der Waals surface area contributed by atoms with Crippen molar-refractivity contribution in [2.75, 3.05) is 33.3 Å². The summed E-state index contributed by atoms with van der Waals surface area (Å²) in [5.41, 5.74) is 2.12. The molecule has 1 N–H and O–H groups in total. The van der Waals surface area contributed by atoms with Crippen LogP contribution in [-0.4, -0.2) is 76.2 Å². The topological polar surface area (TPSA) is 78.8 Å². The van der Waals surface area contributed by atoms with Gasteiger partial charge in [0.1, 0.15) is 11.7 Å². The molecule has 3 atom stereocenters. The first kappa shape index (κ1) is 22.2. The Morgan fingerprint density at radius 2 is 2.17 bits per heavy atom. The molecule has 0 saturated heterocycles. The van der Waals surface area contributed by atoms with Gasteiger partial charge in [-0.25, -0.2) is 4.98 Å². The van der Waals surface area contributed by atoms with E-state index in [0.717, 1.165) is 30.6 Å². The van der Waals surface area contributed by atoms with Crippen molar-refractivity contribution in [3.8, 4) is 17.0 Å². The van der Waals surface area contributed by atoms with Crippen molar-refractivity contribution >= 4 is 5.91 Å². The number of pyridine rings is 2. The summed E-state index contributed by atoms with van der Waals surface area (Å²) in [6, 6.07) is 5.32. The van der Waals surface area contributed by atoms with E-state index in [2.05, 4.69) is 35.8 Å². The molecule has 30 heavy (non-hydrogen) atoms. The van der Waals surface area contributed by atoms with E-state index in [0.29, 0.717) is 18.0 Å². The van der Waals surface area contributed by atoms with Crippen LogP contribution in [-0.2, 0) is 0 Å². The summed E-state index contributed by atoms with van der Waals surface area (Å²) in [4.78, 5) is 26.1. The maximum Gasteiger partial charge on any atom is 0.259 e. The number of aromatic nitrogens is 2. The summed E-state index contributed by atoms with van der Waals surface area (Å²) < 4.78 is 6.31. The zero-order chi connectivity index (χ0) is 21.7. The standard InChI is InChI=1S/C23H32N4O3/c1-5-9-26(4)14-21-16(2)13-27(17(3)15-28)23(29)20-10-19(12-25-22(20)30-21)18-7-6-8-24-11-18/h6-8,10-12,16-17,21,28H,5,9,13-15H2,1-4H3/t16-,17+,21-/m0/s1. The molecule has 1 amide bonds. The molecule has 2 aromatic heterocycles. The third-order valence-corrected chi connectivity index (χ3v) is 5.61. The van der Waals surface area contributed by atoms with Crippen molar-refractivity contribution in [2.24, 2.45) is 5.92 Å². The van der Waals surface area contributed by atoms with Gasteiger partial charge in [-0.1, -0.05) is 19.9 Å². The summed E-state index contributed by atoms with van der Waals surface area (Å²) in [5, 5.41) is 9.76. The van der Waals surface area contributed by atoms with Gasteiger partial charge in [0, 0.05) is 48.7 Å². The van der Waals surface area contributed by atoms with Gasteiger partial charge in [0.15, 0.2) is 0 Å². The second-order valence-corrected chi connectivity index (χ2v) is 8.20. The predicted molar refractivity (Wildman–Crippen MR) is 116 cm³/mol. The van der Waals surface area contributed by atoms with Gasteiger partial charge in [-0.15, -0.1) is 0 Å². The molecule has 1 aliphatic rings. The molecule has 3 heterocycles. The zero-order valence-electron chi connectivity index (χ0n) is 18.3. The van der Waals surface area contributed by atoms with Gasteiger partial charge >= 0.3 is 0 Å². The van der Waals surface area contributed by atoms with Crippen LogP contribution in [0, 0.1) is 5.92 Å². The maximum absolute atomic E-state index is 13.4. The Morgan fingerprint density at radius 1 is 1.37 bits per heavy atom. The molecule has 0 radical (unpaired) electrons. The van der Waals surface area contributed by atoms with Gasteiger partial charge in [-0.3, -0.25) is 9.78 Å². The molecule has 0 fully saturated rings. The second-order valence-electron chi connectivity index (χ2n) is 8.20. The van der Waals surface area contributed by atoms with E-state index in [9.17, 15) is 9.90 Å². The van der Waals surface area contributed by atoms with Gasteiger partial charge in [-0.05, 0) is 39.1 Å². The van der Waals surface area contributed by atoms with Crippen LogP contribution in [0.4, 0.5) is 0 Å². The number of carbonyl (C=O) groups is 1. The SMILES string of the molecule is CCCN(C)C[C@@H]1Oc2ncc(-c3cccnc3)cc2C(=O)N([C@H](C)CO)C[C@@H]1C. The van der Waals surface area contributed by atoms with E-state index in [1.807, 2.05) is 25.1 Å². The van der Waals surface area contributed by atoms with E-state index in [1.54, 1.807) is 23.5 Å². The van der Waals surface area contributed by atoms with Crippen LogP contribution in [0.3, 0.4) is 0 Å². The van der Waals surface area contributed by atoms with E-state index < -0.39 is 0 Å². The molecular weight excluding hydrogens is 380 g/mol. The quantitative estimate of drug-likeness (QED) is 0.753. The van der Waals surface area contributed by atoms with Crippen molar-refractivity contribution in [2.45, 2.75) is 39.3 Å². The lowest BCUT2D eigenvalue weighted by molar-refractivity contribution is 0.0331. The molecule has 0 saturated carbocycles. The highest BCUT2D eigenvalue weighted by atomic mass is 16.5. The summed E-state index contributed by atoms with van der Waals surface area (Å²) in [7, 11) is 2.08. The van der Waals surface area contributed by atoms with E-state index in [-0.39, 0.29) is 30.6 Å². The largest absolute Gasteiger partial charge is 0.472 e. The highest BCUT2D eigenvalue weighted by Gasteiger charge is 2.34. The van der Waals surface area contributed by atoms with Crippen molar-refractivity contribution in [3.63, 3.8) is 0 Å². The predicted octanol–water partition coefficient (Wildman–Crippen LogP) is 2.71. The van der Waals surface area contributed by atoms with Crippen molar-refractivity contribution < 1.29 is 14.6 Å². The first-order valence-corrected chi connectivity index (χ1v) is 10.6. The smallest absolute Gasteiger partial charge is 0.259 e. The Balaban J connectivity index is 2.01. The molecule has 0 aliphatic carbocycles. The molecule has 7 nitrogen and oxygen atoms in total. The highest BCUT2D eigenvalue weighted by Crippen LogP contribution is 2.30. The molecule has 0 bridgehead atoms. The fourth-order valence-electron chi connectivity index (χ4n) is 3.79. The number of aliphatic hydroxyl groups is 1. The van der Waals surface area contributed by atoms with Gasteiger partial charge in [0.2, 0.25) is 5.88 Å². The Kier molecular flexibility index (Phi) is 7.39. The third-order valence-electron chi connectivity index (χ3n) is 5.61. The average Bonchev–Trinajstić information content (AvgIpc) is 2.76. The minimum atomic E-state index is -0.290. The molecule has 1 aliphatic heterocycles. The maximum atomic E-state index is 13.4. The number of amides is 1. The van der Waals surface area contributed by atoms with Crippen LogP contribution in [0.2, 0.25) is 0 Å². The van der Waals surface area contributed by atoms with Crippen LogP contribution < -0.4 is 4.74 Å². The molecule has 0 spiro atoms. The van der Waals surface area contributed by atoms with E-state index in [4.69, 9.17) is 4.74 Å². The second kappa shape index (κ2) is 10.00. The summed E-state index contributed by atoms with van der Waals surface area (Å²) >= 11 is 0. The van der Waals surface area contributed by atoms with Gasteiger partial charge in [-0.2, -0.15) is 0 Å². The van der Waals surface area contributed by atoms with Crippen molar-refractivity contribution in [1.29, 1.82) is 0 Å². The lowest BCUT2D eigenvalue weighted by atomic mass is 9.99. The lowest BCUT2D eigenvalue weighted by Gasteiger charge is -2.37. The minimum Gasteiger partial charge on any atom is -0.472 e. The summed E-state index contributed by atoms with van der Waals surface area (Å²) in [5.74, 6) is 0.274. The molecule has 2 aromatic rings. The number of aliphatic hydroxyl groups excluding tert-OH is 1. The zero-order valence-corrected chi connectivity index (χ0v) is 18.3. The third kappa shape index (κ3) is 4.96. The summed E-state index contributed by atoms with van der Waals surface area (Å²) in [6.07, 6.45) is 6.13. The Morgan fingerprint density at radius 3 is 2.83 bits per heavy atom. The number of rotatable bonds is 7. The Labute approximate surface area is 178 Å².